The highest BCUT2D eigenvalue weighted by atomic mass is 16.5. The van der Waals surface area contributed by atoms with Gasteiger partial charge in [-0.25, -0.2) is 5.43 Å². The lowest BCUT2D eigenvalue weighted by atomic mass is 10.2. The molecule has 0 aliphatic rings. The number of carbonyl (C=O) groups is 1. The molecular formula is C18H20N2O4. The zero-order valence-electron chi connectivity index (χ0n) is 13.8. The van der Waals surface area contributed by atoms with Crippen LogP contribution in [0.25, 0.3) is 0 Å². The Morgan fingerprint density at radius 1 is 1.21 bits per heavy atom. The number of phenolic OH excluding ortho intramolecular Hbond substituents is 1. The van der Waals surface area contributed by atoms with Gasteiger partial charge in [-0.2, -0.15) is 5.10 Å². The van der Waals surface area contributed by atoms with Crippen LogP contribution in [0.1, 0.15) is 29.8 Å². The minimum absolute atomic E-state index is 0.0382. The SMILES string of the molecule is COc1cc(/C=N\NC(=O)c2ccccc2O)ccc1OC(C)C. The largest absolute Gasteiger partial charge is 0.507 e. The van der Waals surface area contributed by atoms with Crippen molar-refractivity contribution in [1.29, 1.82) is 0 Å². The van der Waals surface area contributed by atoms with Gasteiger partial charge in [0.05, 0.1) is 25.0 Å². The van der Waals surface area contributed by atoms with Gasteiger partial charge < -0.3 is 14.6 Å². The van der Waals surface area contributed by atoms with Crippen molar-refractivity contribution in [3.63, 3.8) is 0 Å². The maximum absolute atomic E-state index is 11.9. The third-order valence-electron chi connectivity index (χ3n) is 3.08. The summed E-state index contributed by atoms with van der Waals surface area (Å²) in [5, 5.41) is 13.5. The minimum atomic E-state index is -0.490. The summed E-state index contributed by atoms with van der Waals surface area (Å²) in [4.78, 5) is 11.9. The van der Waals surface area contributed by atoms with Gasteiger partial charge in [0.2, 0.25) is 0 Å². The number of hydrogen-bond acceptors (Lipinski definition) is 5. The number of methoxy groups -OCH3 is 1. The maximum Gasteiger partial charge on any atom is 0.275 e. The topological polar surface area (TPSA) is 80.2 Å². The van der Waals surface area contributed by atoms with Gasteiger partial charge in [-0.05, 0) is 49.7 Å². The van der Waals surface area contributed by atoms with Gasteiger partial charge in [-0.15, -0.1) is 0 Å². The molecule has 0 heterocycles. The van der Waals surface area contributed by atoms with E-state index in [0.29, 0.717) is 11.5 Å². The van der Waals surface area contributed by atoms with E-state index in [-0.39, 0.29) is 17.4 Å². The van der Waals surface area contributed by atoms with Gasteiger partial charge in [0, 0.05) is 0 Å². The summed E-state index contributed by atoms with van der Waals surface area (Å²) < 4.78 is 10.9. The van der Waals surface area contributed by atoms with Crippen LogP contribution in [0.4, 0.5) is 0 Å². The number of hydrogen-bond donors (Lipinski definition) is 2. The minimum Gasteiger partial charge on any atom is -0.507 e. The van der Waals surface area contributed by atoms with Gasteiger partial charge in [0.15, 0.2) is 11.5 Å². The molecule has 0 saturated carbocycles. The van der Waals surface area contributed by atoms with Crippen molar-refractivity contribution in [2.45, 2.75) is 20.0 Å². The lowest BCUT2D eigenvalue weighted by molar-refractivity contribution is 0.0952. The average Bonchev–Trinajstić information content (AvgIpc) is 2.56. The highest BCUT2D eigenvalue weighted by molar-refractivity contribution is 5.97. The Labute approximate surface area is 140 Å². The number of amides is 1. The normalized spacial score (nSPS) is 10.8. The van der Waals surface area contributed by atoms with Crippen LogP contribution in [0.15, 0.2) is 47.6 Å². The summed E-state index contributed by atoms with van der Waals surface area (Å²) in [7, 11) is 1.56. The molecule has 2 rings (SSSR count). The molecule has 0 spiro atoms. The summed E-state index contributed by atoms with van der Waals surface area (Å²) in [6, 6.07) is 11.6. The Morgan fingerprint density at radius 2 is 1.96 bits per heavy atom. The summed E-state index contributed by atoms with van der Waals surface area (Å²) in [5.41, 5.74) is 3.27. The Bertz CT molecular complexity index is 742. The van der Waals surface area contributed by atoms with E-state index in [2.05, 4.69) is 10.5 Å². The molecule has 0 aliphatic heterocycles. The first-order chi connectivity index (χ1) is 11.5. The summed E-state index contributed by atoms with van der Waals surface area (Å²) in [6.45, 7) is 3.87. The van der Waals surface area contributed by atoms with Crippen molar-refractivity contribution in [2.24, 2.45) is 5.10 Å². The molecule has 0 radical (unpaired) electrons. The molecule has 6 nitrogen and oxygen atoms in total. The molecule has 6 heteroatoms. The van der Waals surface area contributed by atoms with Gasteiger partial charge in [-0.3, -0.25) is 4.79 Å². The van der Waals surface area contributed by atoms with Crippen LogP contribution < -0.4 is 14.9 Å². The summed E-state index contributed by atoms with van der Waals surface area (Å²) >= 11 is 0. The number of benzene rings is 2. The molecule has 0 bridgehead atoms. The molecule has 0 fully saturated rings. The van der Waals surface area contributed by atoms with E-state index in [9.17, 15) is 9.90 Å². The number of para-hydroxylation sites is 1. The Balaban J connectivity index is 2.06. The summed E-state index contributed by atoms with van der Waals surface area (Å²) in [5.74, 6) is 0.640. The van der Waals surface area contributed by atoms with Crippen LogP contribution in [-0.4, -0.2) is 30.4 Å². The first-order valence-corrected chi connectivity index (χ1v) is 7.47. The molecule has 0 aromatic heterocycles. The molecular weight excluding hydrogens is 308 g/mol. The second kappa shape index (κ2) is 8.01. The van der Waals surface area contributed by atoms with E-state index in [0.717, 1.165) is 5.56 Å². The van der Waals surface area contributed by atoms with Crippen LogP contribution in [0.5, 0.6) is 17.2 Å². The molecule has 2 aromatic carbocycles. The fourth-order valence-corrected chi connectivity index (χ4v) is 2.01. The number of rotatable bonds is 6. The molecule has 0 atom stereocenters. The second-order valence-electron chi connectivity index (χ2n) is 5.29. The van der Waals surface area contributed by atoms with Crippen LogP contribution in [-0.2, 0) is 0 Å². The van der Waals surface area contributed by atoms with Gasteiger partial charge in [0.25, 0.3) is 5.91 Å². The maximum atomic E-state index is 11.9. The van der Waals surface area contributed by atoms with Crippen LogP contribution in [0.2, 0.25) is 0 Å². The van der Waals surface area contributed by atoms with Crippen LogP contribution in [0.3, 0.4) is 0 Å². The second-order valence-corrected chi connectivity index (χ2v) is 5.29. The van der Waals surface area contributed by atoms with E-state index in [4.69, 9.17) is 9.47 Å². The molecule has 1 amide bonds. The average molecular weight is 328 g/mol. The predicted octanol–water partition coefficient (Wildman–Crippen LogP) is 2.95. The number of phenols is 1. The Morgan fingerprint density at radius 3 is 2.62 bits per heavy atom. The monoisotopic (exact) mass is 328 g/mol. The van der Waals surface area contributed by atoms with E-state index in [1.165, 1.54) is 18.3 Å². The molecule has 0 unspecified atom stereocenters. The van der Waals surface area contributed by atoms with Gasteiger partial charge >= 0.3 is 0 Å². The fourth-order valence-electron chi connectivity index (χ4n) is 2.01. The van der Waals surface area contributed by atoms with Gasteiger partial charge in [0.1, 0.15) is 5.75 Å². The van der Waals surface area contributed by atoms with Crippen molar-refractivity contribution >= 4 is 12.1 Å². The smallest absolute Gasteiger partial charge is 0.275 e. The predicted molar refractivity (Wildman–Crippen MR) is 91.9 cm³/mol. The highest BCUT2D eigenvalue weighted by Gasteiger charge is 2.09. The van der Waals surface area contributed by atoms with E-state index >= 15 is 0 Å². The van der Waals surface area contributed by atoms with Crippen LogP contribution >= 0.6 is 0 Å². The number of ether oxygens (including phenoxy) is 2. The van der Waals surface area contributed by atoms with E-state index < -0.39 is 5.91 Å². The molecule has 0 aliphatic carbocycles. The van der Waals surface area contributed by atoms with Crippen molar-refractivity contribution in [1.82, 2.24) is 5.43 Å². The van der Waals surface area contributed by atoms with Gasteiger partial charge in [-0.1, -0.05) is 12.1 Å². The standard InChI is InChI=1S/C18H20N2O4/c1-12(2)24-16-9-8-13(10-17(16)23-3)11-19-20-18(22)14-6-4-5-7-15(14)21/h4-12,21H,1-3H3,(H,20,22)/b19-11-. The first-order valence-electron chi connectivity index (χ1n) is 7.47. The number of nitrogens with zero attached hydrogens (tertiary/aromatic N) is 1. The molecule has 0 saturated heterocycles. The zero-order valence-corrected chi connectivity index (χ0v) is 13.8. The third kappa shape index (κ3) is 4.49. The number of hydrazone groups is 1. The third-order valence-corrected chi connectivity index (χ3v) is 3.08. The quantitative estimate of drug-likeness (QED) is 0.631. The number of aromatic hydroxyl groups is 1. The Hall–Kier alpha value is -3.02. The molecule has 2 N–H and O–H groups in total. The zero-order chi connectivity index (χ0) is 17.5. The summed E-state index contributed by atoms with van der Waals surface area (Å²) in [6.07, 6.45) is 1.52. The van der Waals surface area contributed by atoms with Crippen molar-refractivity contribution in [3.8, 4) is 17.2 Å². The first kappa shape index (κ1) is 17.3. The molecule has 2 aromatic rings. The molecule has 126 valence electrons. The lowest BCUT2D eigenvalue weighted by Crippen LogP contribution is -2.17. The highest BCUT2D eigenvalue weighted by Crippen LogP contribution is 2.28. The molecule has 24 heavy (non-hydrogen) atoms. The number of nitrogens with one attached hydrogen (secondary N) is 1. The fraction of sp³-hybridized carbons (Fsp3) is 0.222. The van der Waals surface area contributed by atoms with Crippen molar-refractivity contribution < 1.29 is 19.4 Å². The van der Waals surface area contributed by atoms with Crippen molar-refractivity contribution in [3.05, 3.63) is 53.6 Å². The van der Waals surface area contributed by atoms with E-state index in [1.807, 2.05) is 13.8 Å². The number of carbonyl (C=O) groups excluding carboxylic acids is 1. The van der Waals surface area contributed by atoms with Crippen molar-refractivity contribution in [2.75, 3.05) is 7.11 Å². The Kier molecular flexibility index (Phi) is 5.78. The van der Waals surface area contributed by atoms with E-state index in [1.54, 1.807) is 37.4 Å². The van der Waals surface area contributed by atoms with Crippen LogP contribution in [0, 0.1) is 0 Å². The lowest BCUT2D eigenvalue weighted by Gasteiger charge is -2.13.